The molecule has 3 nitrogen and oxygen atoms in total. The van der Waals surface area contributed by atoms with E-state index in [-0.39, 0.29) is 11.6 Å². The number of hydrogen-bond acceptors (Lipinski definition) is 3. The highest BCUT2D eigenvalue weighted by Crippen LogP contribution is 2.33. The molecule has 0 saturated carbocycles. The molecule has 1 atom stereocenters. The van der Waals surface area contributed by atoms with E-state index < -0.39 is 0 Å². The summed E-state index contributed by atoms with van der Waals surface area (Å²) in [6.45, 7) is 4.38. The molecule has 0 aliphatic rings. The Labute approximate surface area is 119 Å². The van der Waals surface area contributed by atoms with E-state index in [1.165, 1.54) is 0 Å². The standard InChI is InChI=1S/C15H21ClN2O/c1-15(2,18(4)5)14(17-3)13-9-10-8-11(16)6-7-12(10)19-13/h6-9,14,17H,1-5H3. The first-order valence-electron chi connectivity index (χ1n) is 6.40. The van der Waals surface area contributed by atoms with E-state index in [4.69, 9.17) is 16.0 Å². The van der Waals surface area contributed by atoms with Gasteiger partial charge >= 0.3 is 0 Å². The first kappa shape index (κ1) is 14.4. The number of halogens is 1. The molecule has 19 heavy (non-hydrogen) atoms. The number of hydrogen-bond donors (Lipinski definition) is 1. The van der Waals surface area contributed by atoms with Crippen molar-refractivity contribution in [3.63, 3.8) is 0 Å². The van der Waals surface area contributed by atoms with Crippen molar-refractivity contribution in [1.29, 1.82) is 0 Å². The molecule has 1 N–H and O–H groups in total. The third kappa shape index (κ3) is 2.64. The van der Waals surface area contributed by atoms with Crippen molar-refractivity contribution in [2.75, 3.05) is 21.1 Å². The largest absolute Gasteiger partial charge is 0.459 e. The topological polar surface area (TPSA) is 28.4 Å². The van der Waals surface area contributed by atoms with Gasteiger partial charge in [-0.05, 0) is 59.3 Å². The first-order valence-corrected chi connectivity index (χ1v) is 6.77. The van der Waals surface area contributed by atoms with Gasteiger partial charge in [-0.25, -0.2) is 0 Å². The lowest BCUT2D eigenvalue weighted by Gasteiger charge is -2.38. The first-order chi connectivity index (χ1) is 8.86. The smallest absolute Gasteiger partial charge is 0.134 e. The van der Waals surface area contributed by atoms with Crippen molar-refractivity contribution >= 4 is 22.6 Å². The Bertz CT molecular complexity index is 575. The fourth-order valence-corrected chi connectivity index (χ4v) is 2.46. The lowest BCUT2D eigenvalue weighted by atomic mass is 9.91. The van der Waals surface area contributed by atoms with Gasteiger partial charge in [-0.2, -0.15) is 0 Å². The van der Waals surface area contributed by atoms with Gasteiger partial charge in [0.1, 0.15) is 11.3 Å². The Morgan fingerprint density at radius 1 is 1.26 bits per heavy atom. The highest BCUT2D eigenvalue weighted by molar-refractivity contribution is 6.31. The van der Waals surface area contributed by atoms with Crippen LogP contribution in [0.4, 0.5) is 0 Å². The van der Waals surface area contributed by atoms with Crippen LogP contribution >= 0.6 is 11.6 Å². The number of rotatable bonds is 4. The van der Waals surface area contributed by atoms with Crippen LogP contribution < -0.4 is 5.32 Å². The molecule has 104 valence electrons. The summed E-state index contributed by atoms with van der Waals surface area (Å²) in [5, 5.41) is 5.12. The van der Waals surface area contributed by atoms with Crippen LogP contribution in [0.25, 0.3) is 11.0 Å². The minimum Gasteiger partial charge on any atom is -0.459 e. The molecule has 4 heteroatoms. The number of fused-ring (bicyclic) bond motifs is 1. The number of benzene rings is 1. The zero-order valence-corrected chi connectivity index (χ0v) is 12.9. The van der Waals surface area contributed by atoms with Crippen molar-refractivity contribution in [3.8, 4) is 0 Å². The average molecular weight is 281 g/mol. The maximum atomic E-state index is 6.02. The van der Waals surface area contributed by atoms with Crippen LogP contribution in [0.3, 0.4) is 0 Å². The van der Waals surface area contributed by atoms with E-state index in [0.717, 1.165) is 21.8 Å². The monoisotopic (exact) mass is 280 g/mol. The molecule has 2 aromatic rings. The van der Waals surface area contributed by atoms with E-state index in [1.54, 1.807) is 0 Å². The molecule has 2 rings (SSSR count). The van der Waals surface area contributed by atoms with Gasteiger partial charge in [-0.3, -0.25) is 0 Å². The van der Waals surface area contributed by atoms with Crippen LogP contribution in [0.2, 0.25) is 5.02 Å². The molecule has 0 bridgehead atoms. The highest BCUT2D eigenvalue weighted by Gasteiger charge is 2.34. The minimum atomic E-state index is -0.0631. The molecule has 1 aromatic carbocycles. The number of likely N-dealkylation sites (N-methyl/N-ethyl adjacent to an activating group) is 2. The van der Waals surface area contributed by atoms with E-state index in [0.29, 0.717) is 0 Å². The van der Waals surface area contributed by atoms with E-state index in [2.05, 4.69) is 44.2 Å². The summed E-state index contributed by atoms with van der Waals surface area (Å²) in [7, 11) is 6.10. The number of nitrogens with zero attached hydrogens (tertiary/aromatic N) is 1. The summed E-state index contributed by atoms with van der Waals surface area (Å²) in [6, 6.07) is 7.86. The summed E-state index contributed by atoms with van der Waals surface area (Å²) in [6.07, 6.45) is 0. The molecule has 0 fully saturated rings. The van der Waals surface area contributed by atoms with Crippen LogP contribution in [-0.2, 0) is 0 Å². The highest BCUT2D eigenvalue weighted by atomic mass is 35.5. The number of nitrogens with one attached hydrogen (secondary N) is 1. The van der Waals surface area contributed by atoms with Crippen molar-refractivity contribution in [3.05, 3.63) is 35.0 Å². The van der Waals surface area contributed by atoms with Gasteiger partial charge in [0, 0.05) is 15.9 Å². The second kappa shape index (κ2) is 5.16. The molecule has 1 unspecified atom stereocenters. The fourth-order valence-electron chi connectivity index (χ4n) is 2.28. The maximum absolute atomic E-state index is 6.02. The third-order valence-electron chi connectivity index (χ3n) is 3.93. The predicted octanol–water partition coefficient (Wildman–Crippen LogP) is 3.69. The normalized spacial score (nSPS) is 14.3. The average Bonchev–Trinajstić information content (AvgIpc) is 2.71. The van der Waals surface area contributed by atoms with Gasteiger partial charge in [0.25, 0.3) is 0 Å². The summed E-state index contributed by atoms with van der Waals surface area (Å²) < 4.78 is 5.96. The SMILES string of the molecule is CNC(c1cc2cc(Cl)ccc2o1)C(C)(C)N(C)C. The van der Waals surface area contributed by atoms with E-state index in [1.807, 2.05) is 25.2 Å². The van der Waals surface area contributed by atoms with Gasteiger partial charge in [0.2, 0.25) is 0 Å². The molecular formula is C15H21ClN2O. The molecule has 0 aliphatic heterocycles. The van der Waals surface area contributed by atoms with Crippen molar-refractivity contribution < 1.29 is 4.42 Å². The van der Waals surface area contributed by atoms with Crippen LogP contribution in [0.15, 0.2) is 28.7 Å². The Kier molecular flexibility index (Phi) is 3.90. The van der Waals surface area contributed by atoms with Gasteiger partial charge in [0.15, 0.2) is 0 Å². The molecule has 0 saturated heterocycles. The lowest BCUT2D eigenvalue weighted by molar-refractivity contribution is 0.131. The van der Waals surface area contributed by atoms with Crippen LogP contribution in [0, 0.1) is 0 Å². The van der Waals surface area contributed by atoms with Crippen LogP contribution in [0.5, 0.6) is 0 Å². The van der Waals surface area contributed by atoms with Crippen LogP contribution in [-0.4, -0.2) is 31.6 Å². The quantitative estimate of drug-likeness (QED) is 0.926. The Morgan fingerprint density at radius 3 is 2.53 bits per heavy atom. The lowest BCUT2D eigenvalue weighted by Crippen LogP contribution is -2.48. The summed E-state index contributed by atoms with van der Waals surface area (Å²) >= 11 is 6.02. The fraction of sp³-hybridized carbons (Fsp3) is 0.467. The Morgan fingerprint density at radius 2 is 1.95 bits per heavy atom. The zero-order chi connectivity index (χ0) is 14.2. The van der Waals surface area contributed by atoms with Gasteiger partial charge < -0.3 is 14.6 Å². The summed E-state index contributed by atoms with van der Waals surface area (Å²) in [5.41, 5.74) is 0.807. The van der Waals surface area contributed by atoms with Crippen molar-refractivity contribution in [1.82, 2.24) is 10.2 Å². The van der Waals surface area contributed by atoms with Crippen molar-refractivity contribution in [2.24, 2.45) is 0 Å². The van der Waals surface area contributed by atoms with E-state index in [9.17, 15) is 0 Å². The maximum Gasteiger partial charge on any atom is 0.134 e. The third-order valence-corrected chi connectivity index (χ3v) is 4.16. The number of furan rings is 1. The zero-order valence-electron chi connectivity index (χ0n) is 12.1. The summed E-state index contributed by atoms with van der Waals surface area (Å²) in [5.74, 6) is 0.929. The second-order valence-electron chi connectivity index (χ2n) is 5.60. The molecular weight excluding hydrogens is 260 g/mol. The van der Waals surface area contributed by atoms with Gasteiger partial charge in [-0.1, -0.05) is 11.6 Å². The van der Waals surface area contributed by atoms with Crippen molar-refractivity contribution in [2.45, 2.75) is 25.4 Å². The van der Waals surface area contributed by atoms with E-state index >= 15 is 0 Å². The summed E-state index contributed by atoms with van der Waals surface area (Å²) in [4.78, 5) is 2.19. The molecule has 1 aromatic heterocycles. The Balaban J connectivity index is 2.46. The van der Waals surface area contributed by atoms with Gasteiger partial charge in [-0.15, -0.1) is 0 Å². The second-order valence-corrected chi connectivity index (χ2v) is 6.04. The van der Waals surface area contributed by atoms with Crippen LogP contribution in [0.1, 0.15) is 25.6 Å². The molecule has 0 spiro atoms. The molecule has 0 radical (unpaired) electrons. The molecule has 0 aliphatic carbocycles. The Hall–Kier alpha value is -1.03. The molecule has 0 amide bonds. The molecule has 1 heterocycles. The predicted molar refractivity (Wildman–Crippen MR) is 80.8 cm³/mol. The minimum absolute atomic E-state index is 0.0631. The van der Waals surface area contributed by atoms with Gasteiger partial charge in [0.05, 0.1) is 6.04 Å².